The summed E-state index contributed by atoms with van der Waals surface area (Å²) in [5.74, 6) is -0.486. The Bertz CT molecular complexity index is 410. The van der Waals surface area contributed by atoms with Crippen LogP contribution in [0.2, 0.25) is 0 Å². The lowest BCUT2D eigenvalue weighted by Gasteiger charge is -2.31. The molecule has 1 amide bonds. The van der Waals surface area contributed by atoms with Gasteiger partial charge in [-0.15, -0.1) is 0 Å². The van der Waals surface area contributed by atoms with E-state index in [0.717, 1.165) is 3.57 Å². The summed E-state index contributed by atoms with van der Waals surface area (Å²) < 4.78 is 14.0. The quantitative estimate of drug-likeness (QED) is 0.763. The predicted molar refractivity (Wildman–Crippen MR) is 75.6 cm³/mol. The van der Waals surface area contributed by atoms with Crippen molar-refractivity contribution in [2.24, 2.45) is 0 Å². The zero-order valence-corrected chi connectivity index (χ0v) is 12.7. The molecule has 1 aromatic carbocycles. The Morgan fingerprint density at radius 1 is 1.24 bits per heavy atom. The Morgan fingerprint density at radius 2 is 1.76 bits per heavy atom. The number of carbonyl (C=O) groups excluding carboxylic acids is 1. The second-order valence-electron chi connectivity index (χ2n) is 4.52. The van der Waals surface area contributed by atoms with Crippen LogP contribution in [0.1, 0.15) is 38.1 Å². The van der Waals surface area contributed by atoms with Gasteiger partial charge in [0, 0.05) is 15.7 Å². The van der Waals surface area contributed by atoms with Crippen molar-refractivity contribution in [2.75, 3.05) is 0 Å². The monoisotopic (exact) mass is 349 g/mol. The van der Waals surface area contributed by atoms with Gasteiger partial charge in [-0.3, -0.25) is 4.79 Å². The second kappa shape index (κ2) is 5.80. The maximum absolute atomic E-state index is 13.2. The fourth-order valence-electron chi connectivity index (χ4n) is 1.87. The van der Waals surface area contributed by atoms with E-state index in [0.29, 0.717) is 5.56 Å². The molecule has 0 spiro atoms. The van der Waals surface area contributed by atoms with Crippen molar-refractivity contribution in [3.63, 3.8) is 0 Å². The van der Waals surface area contributed by atoms with Crippen LogP contribution in [-0.4, -0.2) is 22.9 Å². The molecule has 0 radical (unpaired) electrons. The van der Waals surface area contributed by atoms with Gasteiger partial charge in [0.25, 0.3) is 5.91 Å². The predicted octanol–water partition coefficient (Wildman–Crippen LogP) is 3.69. The molecule has 0 saturated carbocycles. The lowest BCUT2D eigenvalue weighted by Crippen LogP contribution is -2.42. The third-order valence-corrected chi connectivity index (χ3v) is 3.45. The van der Waals surface area contributed by atoms with Crippen LogP contribution in [0.25, 0.3) is 0 Å². The van der Waals surface area contributed by atoms with Crippen molar-refractivity contribution < 1.29 is 9.18 Å². The largest absolute Gasteiger partial charge is 0.334 e. The minimum Gasteiger partial charge on any atom is -0.334 e. The number of rotatable bonds is 3. The summed E-state index contributed by atoms with van der Waals surface area (Å²) in [5.41, 5.74) is 0.438. The zero-order chi connectivity index (χ0) is 13.2. The minimum atomic E-state index is -0.374. The van der Waals surface area contributed by atoms with Crippen molar-refractivity contribution in [1.29, 1.82) is 0 Å². The van der Waals surface area contributed by atoms with E-state index < -0.39 is 0 Å². The highest BCUT2D eigenvalue weighted by molar-refractivity contribution is 14.1. The van der Waals surface area contributed by atoms with Gasteiger partial charge in [-0.1, -0.05) is 0 Å². The molecule has 0 aliphatic rings. The molecular formula is C13H17FINO. The number of hydrogen-bond acceptors (Lipinski definition) is 1. The summed E-state index contributed by atoms with van der Waals surface area (Å²) >= 11 is 2.06. The molecule has 0 atom stereocenters. The first-order valence-electron chi connectivity index (χ1n) is 5.62. The average Bonchev–Trinajstić information content (AvgIpc) is 2.20. The van der Waals surface area contributed by atoms with Gasteiger partial charge >= 0.3 is 0 Å². The molecule has 0 aliphatic carbocycles. The van der Waals surface area contributed by atoms with Crippen LogP contribution in [-0.2, 0) is 0 Å². The highest BCUT2D eigenvalue weighted by Gasteiger charge is 2.23. The van der Waals surface area contributed by atoms with E-state index in [-0.39, 0.29) is 23.8 Å². The number of benzene rings is 1. The third kappa shape index (κ3) is 3.40. The number of halogens is 2. The molecule has 0 bridgehead atoms. The average molecular weight is 349 g/mol. The maximum atomic E-state index is 13.2. The molecule has 0 fully saturated rings. The molecule has 0 unspecified atom stereocenters. The first-order valence-corrected chi connectivity index (χ1v) is 6.70. The molecule has 0 saturated heterocycles. The van der Waals surface area contributed by atoms with Gasteiger partial charge in [-0.2, -0.15) is 0 Å². The lowest BCUT2D eigenvalue weighted by molar-refractivity contribution is 0.0642. The highest BCUT2D eigenvalue weighted by Crippen LogP contribution is 2.18. The van der Waals surface area contributed by atoms with Gasteiger partial charge in [0.15, 0.2) is 0 Å². The van der Waals surface area contributed by atoms with Gasteiger partial charge in [-0.25, -0.2) is 4.39 Å². The summed E-state index contributed by atoms with van der Waals surface area (Å²) in [4.78, 5) is 14.1. The van der Waals surface area contributed by atoms with Crippen LogP contribution < -0.4 is 0 Å². The van der Waals surface area contributed by atoms with Crippen LogP contribution in [0.15, 0.2) is 18.2 Å². The SMILES string of the molecule is CC(C)N(C(=O)c1cc(F)ccc1I)C(C)C. The van der Waals surface area contributed by atoms with Crippen LogP contribution in [0.4, 0.5) is 4.39 Å². The summed E-state index contributed by atoms with van der Waals surface area (Å²) in [5, 5.41) is 0. The molecule has 1 aromatic rings. The van der Waals surface area contributed by atoms with Crippen molar-refractivity contribution in [2.45, 2.75) is 39.8 Å². The minimum absolute atomic E-state index is 0.0987. The van der Waals surface area contributed by atoms with Gasteiger partial charge in [0.1, 0.15) is 5.82 Å². The number of amides is 1. The van der Waals surface area contributed by atoms with Crippen molar-refractivity contribution in [3.05, 3.63) is 33.1 Å². The molecule has 1 rings (SSSR count). The van der Waals surface area contributed by atoms with Crippen molar-refractivity contribution in [3.8, 4) is 0 Å². The number of nitrogens with zero attached hydrogens (tertiary/aromatic N) is 1. The first-order chi connectivity index (χ1) is 7.84. The summed E-state index contributed by atoms with van der Waals surface area (Å²) in [6, 6.07) is 4.50. The first kappa shape index (κ1) is 14.4. The molecule has 94 valence electrons. The molecule has 0 aliphatic heterocycles. The molecule has 2 nitrogen and oxygen atoms in total. The molecule has 17 heavy (non-hydrogen) atoms. The van der Waals surface area contributed by atoms with Crippen molar-refractivity contribution in [1.82, 2.24) is 4.90 Å². The van der Waals surface area contributed by atoms with E-state index in [1.807, 2.05) is 27.7 Å². The fourth-order valence-corrected chi connectivity index (χ4v) is 2.43. The maximum Gasteiger partial charge on any atom is 0.255 e. The summed E-state index contributed by atoms with van der Waals surface area (Å²) in [7, 11) is 0. The van der Waals surface area contributed by atoms with E-state index in [4.69, 9.17) is 0 Å². The van der Waals surface area contributed by atoms with Crippen LogP contribution >= 0.6 is 22.6 Å². The standard InChI is InChI=1S/C13H17FINO/c1-8(2)16(9(3)4)13(17)11-7-10(14)5-6-12(11)15/h5-9H,1-4H3. The lowest BCUT2D eigenvalue weighted by atomic mass is 10.1. The van der Waals surface area contributed by atoms with E-state index in [1.165, 1.54) is 12.1 Å². The van der Waals surface area contributed by atoms with Gasteiger partial charge in [0.2, 0.25) is 0 Å². The number of carbonyl (C=O) groups is 1. The van der Waals surface area contributed by atoms with Crippen LogP contribution in [0.5, 0.6) is 0 Å². The Kier molecular flexibility index (Phi) is 4.91. The van der Waals surface area contributed by atoms with Crippen molar-refractivity contribution >= 4 is 28.5 Å². The summed E-state index contributed by atoms with van der Waals surface area (Å²) in [6.07, 6.45) is 0. The van der Waals surface area contributed by atoms with E-state index in [9.17, 15) is 9.18 Å². The third-order valence-electron chi connectivity index (χ3n) is 2.51. The van der Waals surface area contributed by atoms with E-state index in [1.54, 1.807) is 11.0 Å². The molecule has 0 heterocycles. The van der Waals surface area contributed by atoms with Gasteiger partial charge in [-0.05, 0) is 68.5 Å². The molecular weight excluding hydrogens is 332 g/mol. The number of hydrogen-bond donors (Lipinski definition) is 0. The fraction of sp³-hybridized carbons (Fsp3) is 0.462. The zero-order valence-electron chi connectivity index (χ0n) is 10.5. The Balaban J connectivity index is 3.14. The smallest absolute Gasteiger partial charge is 0.255 e. The topological polar surface area (TPSA) is 20.3 Å². The Labute approximate surface area is 115 Å². The van der Waals surface area contributed by atoms with Crippen LogP contribution in [0, 0.1) is 9.39 Å². The molecule has 4 heteroatoms. The molecule has 0 N–H and O–H groups in total. The second-order valence-corrected chi connectivity index (χ2v) is 5.69. The van der Waals surface area contributed by atoms with E-state index >= 15 is 0 Å². The summed E-state index contributed by atoms with van der Waals surface area (Å²) in [6.45, 7) is 7.85. The Morgan fingerprint density at radius 3 is 2.24 bits per heavy atom. The van der Waals surface area contributed by atoms with Gasteiger partial charge < -0.3 is 4.90 Å². The molecule has 0 aromatic heterocycles. The normalized spacial score (nSPS) is 11.1. The van der Waals surface area contributed by atoms with Crippen LogP contribution in [0.3, 0.4) is 0 Å². The van der Waals surface area contributed by atoms with Gasteiger partial charge in [0.05, 0.1) is 5.56 Å². The Hall–Kier alpha value is -0.650. The highest BCUT2D eigenvalue weighted by atomic mass is 127. The van der Waals surface area contributed by atoms with E-state index in [2.05, 4.69) is 22.6 Å².